The smallest absolute Gasteiger partial charge is 0.306 e. The van der Waals surface area contributed by atoms with Gasteiger partial charge in [-0.25, -0.2) is 0 Å². The number of nitrogens with zero attached hydrogens (tertiary/aromatic N) is 4. The van der Waals surface area contributed by atoms with Crippen LogP contribution in [0.2, 0.25) is 0 Å². The molecule has 0 radical (unpaired) electrons. The SMILES string of the molecule is [C-]#[N+]C(N=Cc1ccccc1O)=C(C#N)N=Cc1ccccc1O.[Ni]. The minimum absolute atomic E-state index is 0. The van der Waals surface area contributed by atoms with Gasteiger partial charge in [-0.15, -0.1) is 4.99 Å². The van der Waals surface area contributed by atoms with Crippen molar-refractivity contribution in [1.82, 2.24) is 0 Å². The summed E-state index contributed by atoms with van der Waals surface area (Å²) in [6, 6.07) is 14.8. The maximum atomic E-state index is 9.67. The van der Waals surface area contributed by atoms with E-state index in [0.29, 0.717) is 11.1 Å². The molecule has 0 unspecified atom stereocenters. The number of phenolic OH excluding ortho intramolecular Hbond substituents is 2. The van der Waals surface area contributed by atoms with Gasteiger partial charge in [0.15, 0.2) is 5.70 Å². The van der Waals surface area contributed by atoms with Gasteiger partial charge in [-0.2, -0.15) is 5.26 Å². The topological polar surface area (TPSA) is 93.3 Å². The number of para-hydroxylation sites is 2. The van der Waals surface area contributed by atoms with Crippen LogP contribution in [0.15, 0.2) is 70.0 Å². The van der Waals surface area contributed by atoms with Crippen molar-refractivity contribution < 1.29 is 26.7 Å². The predicted molar refractivity (Wildman–Crippen MR) is 90.6 cm³/mol. The Morgan fingerprint density at radius 2 is 1.44 bits per heavy atom. The molecule has 7 heteroatoms. The van der Waals surface area contributed by atoms with E-state index in [1.165, 1.54) is 24.6 Å². The second kappa shape index (κ2) is 9.67. The number of benzene rings is 2. The molecular formula is C18H12N4NiO2. The number of aromatic hydroxyl groups is 2. The van der Waals surface area contributed by atoms with E-state index in [-0.39, 0.29) is 39.5 Å². The Balaban J connectivity index is 0.00000312. The van der Waals surface area contributed by atoms with E-state index >= 15 is 0 Å². The summed E-state index contributed by atoms with van der Waals surface area (Å²) < 4.78 is 0. The summed E-state index contributed by atoms with van der Waals surface area (Å²) in [4.78, 5) is 11.0. The molecule has 25 heavy (non-hydrogen) atoms. The number of hydrogen-bond donors (Lipinski definition) is 2. The summed E-state index contributed by atoms with van der Waals surface area (Å²) >= 11 is 0. The zero-order chi connectivity index (χ0) is 17.4. The van der Waals surface area contributed by atoms with Crippen LogP contribution in [0.1, 0.15) is 11.1 Å². The molecule has 0 heterocycles. The van der Waals surface area contributed by atoms with Crippen LogP contribution in [0.3, 0.4) is 0 Å². The summed E-state index contributed by atoms with van der Waals surface area (Å²) in [6.07, 6.45) is 2.57. The number of hydrogen-bond acceptors (Lipinski definition) is 5. The van der Waals surface area contributed by atoms with Crippen molar-refractivity contribution >= 4 is 12.4 Å². The first-order chi connectivity index (χ1) is 11.7. The van der Waals surface area contributed by atoms with Gasteiger partial charge in [0.2, 0.25) is 0 Å². The Morgan fingerprint density at radius 3 is 1.88 bits per heavy atom. The molecule has 0 aliphatic carbocycles. The quantitative estimate of drug-likeness (QED) is 0.372. The number of nitriles is 1. The van der Waals surface area contributed by atoms with Crippen molar-refractivity contribution in [3.63, 3.8) is 0 Å². The summed E-state index contributed by atoms with van der Waals surface area (Å²) in [5.74, 6) is -0.185. The van der Waals surface area contributed by atoms with Gasteiger partial charge < -0.3 is 15.1 Å². The van der Waals surface area contributed by atoms with Crippen molar-refractivity contribution in [2.24, 2.45) is 9.98 Å². The number of phenols is 2. The van der Waals surface area contributed by atoms with Crippen LogP contribution in [0.5, 0.6) is 11.5 Å². The minimum Gasteiger partial charge on any atom is -0.507 e. The molecular weight excluding hydrogens is 363 g/mol. The molecule has 6 nitrogen and oxygen atoms in total. The first-order valence-corrected chi connectivity index (χ1v) is 6.81. The molecule has 126 valence electrons. The Morgan fingerprint density at radius 1 is 0.960 bits per heavy atom. The third kappa shape index (κ3) is 5.32. The van der Waals surface area contributed by atoms with E-state index in [9.17, 15) is 15.5 Å². The number of aliphatic imine (C=N–C) groups is 2. The summed E-state index contributed by atoms with van der Waals surface area (Å²) in [6.45, 7) is 7.15. The zero-order valence-electron chi connectivity index (χ0n) is 12.8. The van der Waals surface area contributed by atoms with Crippen LogP contribution in [0.25, 0.3) is 4.85 Å². The minimum atomic E-state index is -0.215. The van der Waals surface area contributed by atoms with E-state index in [1.54, 1.807) is 42.5 Å². The monoisotopic (exact) mass is 374 g/mol. The van der Waals surface area contributed by atoms with Crippen LogP contribution in [-0.2, 0) is 16.5 Å². The first-order valence-electron chi connectivity index (χ1n) is 6.81. The fraction of sp³-hybridized carbons (Fsp3) is 0. The Bertz CT molecular complexity index is 846. The molecule has 0 amide bonds. The molecule has 0 aromatic heterocycles. The summed E-state index contributed by atoms with van der Waals surface area (Å²) in [7, 11) is 0. The van der Waals surface area contributed by atoms with Crippen molar-refractivity contribution in [1.29, 1.82) is 5.26 Å². The van der Waals surface area contributed by atoms with Crippen LogP contribution in [0, 0.1) is 17.9 Å². The second-order valence-corrected chi connectivity index (χ2v) is 4.53. The molecule has 2 aromatic carbocycles. The number of rotatable bonds is 4. The third-order valence-corrected chi connectivity index (χ3v) is 2.96. The molecule has 2 aromatic rings. The van der Waals surface area contributed by atoms with E-state index in [2.05, 4.69) is 14.8 Å². The Kier molecular flexibility index (Phi) is 7.60. The van der Waals surface area contributed by atoms with Gasteiger partial charge >= 0.3 is 5.82 Å². The van der Waals surface area contributed by atoms with Crippen molar-refractivity contribution in [3.8, 4) is 17.6 Å². The van der Waals surface area contributed by atoms with Crippen molar-refractivity contribution in [2.75, 3.05) is 0 Å². The third-order valence-electron chi connectivity index (χ3n) is 2.96. The average Bonchev–Trinajstić information content (AvgIpc) is 2.60. The van der Waals surface area contributed by atoms with Gasteiger partial charge in [0, 0.05) is 28.3 Å². The van der Waals surface area contributed by atoms with E-state index in [0.717, 1.165) is 0 Å². The fourth-order valence-electron chi connectivity index (χ4n) is 1.74. The Labute approximate surface area is 154 Å². The predicted octanol–water partition coefficient (Wildman–Crippen LogP) is 3.25. The van der Waals surface area contributed by atoms with Crippen LogP contribution >= 0.6 is 0 Å². The van der Waals surface area contributed by atoms with Gasteiger partial charge in [-0.3, -0.25) is 4.99 Å². The summed E-state index contributed by atoms with van der Waals surface area (Å²) in [5.41, 5.74) is 0.639. The standard InChI is InChI=1S/C18H12N4O2.Ni/c1-20-18(22-12-14-7-3-5-9-17(14)24)15(10-19)21-11-13-6-2-4-8-16(13)23;/h2-9,11-12,23-24H;. The van der Waals surface area contributed by atoms with Crippen LogP contribution in [0.4, 0.5) is 0 Å². The number of allylic oxidation sites excluding steroid dienone is 1. The maximum absolute atomic E-state index is 9.67. The fourth-order valence-corrected chi connectivity index (χ4v) is 1.74. The molecule has 0 saturated carbocycles. The van der Waals surface area contributed by atoms with Gasteiger partial charge in [-0.05, 0) is 24.3 Å². The molecule has 2 rings (SSSR count). The molecule has 0 bridgehead atoms. The maximum Gasteiger partial charge on any atom is 0.306 e. The first kappa shape index (κ1) is 19.6. The second-order valence-electron chi connectivity index (χ2n) is 4.53. The van der Waals surface area contributed by atoms with E-state index in [1.807, 2.05) is 0 Å². The van der Waals surface area contributed by atoms with E-state index in [4.69, 9.17) is 6.57 Å². The molecule has 0 fully saturated rings. The molecule has 0 saturated heterocycles. The van der Waals surface area contributed by atoms with Gasteiger partial charge in [0.25, 0.3) is 0 Å². The molecule has 0 atom stereocenters. The van der Waals surface area contributed by atoms with Gasteiger partial charge in [0.1, 0.15) is 23.8 Å². The zero-order valence-corrected chi connectivity index (χ0v) is 13.8. The van der Waals surface area contributed by atoms with Crippen molar-refractivity contribution in [3.05, 3.63) is 82.6 Å². The van der Waals surface area contributed by atoms with Crippen LogP contribution < -0.4 is 0 Å². The molecule has 2 N–H and O–H groups in total. The van der Waals surface area contributed by atoms with Gasteiger partial charge in [0.05, 0.1) is 5.56 Å². The van der Waals surface area contributed by atoms with Crippen LogP contribution in [-0.4, -0.2) is 22.6 Å². The molecule has 0 spiro atoms. The average molecular weight is 375 g/mol. The summed E-state index contributed by atoms with van der Waals surface area (Å²) in [5, 5.41) is 28.5. The van der Waals surface area contributed by atoms with E-state index < -0.39 is 0 Å². The molecule has 0 aliphatic rings. The normalized spacial score (nSPS) is 11.4. The Hall–Kier alpha value is -3.41. The van der Waals surface area contributed by atoms with Crippen molar-refractivity contribution in [2.45, 2.75) is 0 Å². The molecule has 0 aliphatic heterocycles. The largest absolute Gasteiger partial charge is 0.507 e. The van der Waals surface area contributed by atoms with Gasteiger partial charge in [-0.1, -0.05) is 30.8 Å².